The molecule has 2 aromatic carbocycles. The van der Waals surface area contributed by atoms with Gasteiger partial charge >= 0.3 is 5.97 Å². The van der Waals surface area contributed by atoms with Crippen molar-refractivity contribution in [1.29, 1.82) is 0 Å². The van der Waals surface area contributed by atoms with E-state index >= 15 is 4.79 Å². The number of anilines is 1. The fourth-order valence-electron chi connectivity index (χ4n) is 8.30. The average Bonchev–Trinajstić information content (AvgIpc) is 3.70. The number of alkyl halides is 1. The van der Waals surface area contributed by atoms with E-state index in [1.165, 1.54) is 4.90 Å². The number of rotatable bonds is 16. The van der Waals surface area contributed by atoms with E-state index in [1.807, 2.05) is 76.2 Å². The van der Waals surface area contributed by atoms with Gasteiger partial charge in [-0.25, -0.2) is 0 Å². The Morgan fingerprint density at radius 1 is 1.12 bits per heavy atom. The summed E-state index contributed by atoms with van der Waals surface area (Å²) in [5, 5.41) is 13.8. The topological polar surface area (TPSA) is 125 Å². The van der Waals surface area contributed by atoms with Gasteiger partial charge in [0.1, 0.15) is 18.2 Å². The lowest BCUT2D eigenvalue weighted by Gasteiger charge is -2.40. The Hall–Kier alpha value is -3.80. The molecule has 3 fully saturated rings. The molecule has 0 saturated carbocycles. The Kier molecular flexibility index (Phi) is 12.2. The van der Waals surface area contributed by atoms with Crippen LogP contribution >= 0.6 is 15.9 Å². The van der Waals surface area contributed by atoms with E-state index in [1.54, 1.807) is 17.1 Å². The number of esters is 1. The summed E-state index contributed by atoms with van der Waals surface area (Å²) in [6.45, 7) is 15.2. The van der Waals surface area contributed by atoms with E-state index < -0.39 is 53.5 Å². The van der Waals surface area contributed by atoms with E-state index in [0.717, 1.165) is 22.4 Å². The number of aliphatic hydroxyl groups excluding tert-OH is 1. The summed E-state index contributed by atoms with van der Waals surface area (Å²) >= 11 is 3.76. The summed E-state index contributed by atoms with van der Waals surface area (Å²) < 4.78 is 12.4. The van der Waals surface area contributed by atoms with Gasteiger partial charge in [-0.2, -0.15) is 0 Å². The Morgan fingerprint density at radius 3 is 2.41 bits per heavy atom. The minimum Gasteiger partial charge on any atom is -0.463 e. The predicted octanol–water partition coefficient (Wildman–Crippen LogP) is 5.34. The van der Waals surface area contributed by atoms with Gasteiger partial charge in [0, 0.05) is 23.5 Å². The van der Waals surface area contributed by atoms with Crippen LogP contribution in [0.15, 0.2) is 73.8 Å². The number of halogens is 1. The molecule has 2 bridgehead atoms. The number of para-hydroxylation sites is 1. The number of aryl methyl sites for hydroxylation is 2. The highest BCUT2D eigenvalue weighted by atomic mass is 79.9. The number of aliphatic hydroxyl groups is 1. The summed E-state index contributed by atoms with van der Waals surface area (Å²) in [5.41, 5.74) is 1.90. The third-order valence-electron chi connectivity index (χ3n) is 10.4. The van der Waals surface area contributed by atoms with Crippen LogP contribution in [0.5, 0.6) is 0 Å². The number of hydrogen-bond acceptors (Lipinski definition) is 7. The number of amides is 3. The van der Waals surface area contributed by atoms with Gasteiger partial charge in [0.2, 0.25) is 11.8 Å². The van der Waals surface area contributed by atoms with E-state index in [-0.39, 0.29) is 48.7 Å². The number of fused-ring (bicyclic) bond motifs is 1. The maximum absolute atomic E-state index is 15.1. The van der Waals surface area contributed by atoms with Gasteiger partial charge in [-0.15, -0.1) is 13.2 Å². The van der Waals surface area contributed by atoms with Gasteiger partial charge in [0.25, 0.3) is 5.91 Å². The van der Waals surface area contributed by atoms with Crippen molar-refractivity contribution in [3.63, 3.8) is 0 Å². The molecule has 3 saturated heterocycles. The number of benzene rings is 2. The molecular weight excluding hydrogens is 714 g/mol. The maximum Gasteiger partial charge on any atom is 0.306 e. The molecule has 0 aromatic heterocycles. The quantitative estimate of drug-likeness (QED) is 0.134. The lowest BCUT2D eigenvalue weighted by Crippen LogP contribution is -2.59. The zero-order valence-corrected chi connectivity index (χ0v) is 31.5. The van der Waals surface area contributed by atoms with Gasteiger partial charge in [0.15, 0.2) is 0 Å². The molecular formula is C40H50BrN3O7. The van der Waals surface area contributed by atoms with Gasteiger partial charge in [-0.1, -0.05) is 90.5 Å². The highest BCUT2D eigenvalue weighted by molar-refractivity contribution is 9.09. The number of hydrogen-bond donors (Lipinski definition) is 2. The second-order valence-corrected chi connectivity index (χ2v) is 15.5. The summed E-state index contributed by atoms with van der Waals surface area (Å²) in [7, 11) is 0. The van der Waals surface area contributed by atoms with Crippen molar-refractivity contribution in [1.82, 2.24) is 10.2 Å². The molecule has 5 rings (SSSR count). The van der Waals surface area contributed by atoms with Gasteiger partial charge in [-0.3, -0.25) is 19.2 Å². The van der Waals surface area contributed by atoms with Crippen LogP contribution in [0.3, 0.4) is 0 Å². The molecule has 274 valence electrons. The van der Waals surface area contributed by atoms with Crippen LogP contribution in [0, 0.1) is 31.6 Å². The first-order valence-electron chi connectivity index (χ1n) is 17.7. The number of carbonyl (C=O) groups excluding carboxylic acids is 4. The normalized spacial score (nSPS) is 26.1. The lowest BCUT2D eigenvalue weighted by molar-refractivity contribution is -0.146. The molecule has 2 aromatic rings. The molecule has 3 aliphatic rings. The zero-order valence-electron chi connectivity index (χ0n) is 29.9. The lowest BCUT2D eigenvalue weighted by atomic mass is 9.70. The smallest absolute Gasteiger partial charge is 0.306 e. The van der Waals surface area contributed by atoms with Crippen LogP contribution in [-0.4, -0.2) is 82.1 Å². The minimum atomic E-state index is -1.34. The number of carbonyl (C=O) groups is 4. The van der Waals surface area contributed by atoms with Crippen molar-refractivity contribution in [2.45, 2.75) is 88.0 Å². The van der Waals surface area contributed by atoms with E-state index in [9.17, 15) is 19.5 Å². The molecule has 3 amide bonds. The number of ether oxygens (including phenoxy) is 2. The minimum absolute atomic E-state index is 0.104. The Labute approximate surface area is 309 Å². The summed E-state index contributed by atoms with van der Waals surface area (Å²) in [5.74, 6) is -3.42. The van der Waals surface area contributed by atoms with E-state index in [2.05, 4.69) is 34.4 Å². The van der Waals surface area contributed by atoms with Crippen LogP contribution in [-0.2, 0) is 28.7 Å². The third-order valence-corrected chi connectivity index (χ3v) is 11.2. The van der Waals surface area contributed by atoms with Crippen molar-refractivity contribution < 1.29 is 33.8 Å². The highest BCUT2D eigenvalue weighted by Gasteiger charge is 2.77. The standard InChI is InChI=1S/C40H50BrN3O7/c1-7-9-18-31(46)50-23-30(27-16-11-10-12-17-27)42-37(47)32-33-38(48)44(28(22-45)20-24(3)4)36(40(33)21-29(41)35(32)51-40)39(49)43(19-8-2)34-25(5)14-13-15-26(34)6/h7-8,10-17,24,28-30,32-33,35-36,45H,1-2,9,18-23H2,3-6H3,(H,42,47)/t28-,29?,30+,32+,33-,35+,36+,40-/m1/s1. The first-order chi connectivity index (χ1) is 24.4. The van der Waals surface area contributed by atoms with Crippen molar-refractivity contribution in [3.05, 3.63) is 90.5 Å². The van der Waals surface area contributed by atoms with Crippen molar-refractivity contribution in [3.8, 4) is 0 Å². The largest absolute Gasteiger partial charge is 0.463 e. The molecule has 10 nitrogen and oxygen atoms in total. The number of nitrogens with one attached hydrogen (secondary N) is 1. The van der Waals surface area contributed by atoms with Gasteiger partial charge < -0.3 is 29.7 Å². The van der Waals surface area contributed by atoms with Crippen LogP contribution in [0.25, 0.3) is 0 Å². The first kappa shape index (κ1) is 38.4. The fourth-order valence-corrected chi connectivity index (χ4v) is 9.25. The third kappa shape index (κ3) is 7.43. The summed E-state index contributed by atoms with van der Waals surface area (Å²) in [6.07, 6.45) is 4.00. The molecule has 1 unspecified atom stereocenters. The fraction of sp³-hybridized carbons (Fsp3) is 0.500. The zero-order chi connectivity index (χ0) is 37.0. The van der Waals surface area contributed by atoms with Crippen LogP contribution in [0.1, 0.15) is 62.3 Å². The Balaban J connectivity index is 1.55. The number of likely N-dealkylation sites (tertiary alicyclic amines) is 1. The Bertz CT molecular complexity index is 1610. The van der Waals surface area contributed by atoms with Crippen LogP contribution < -0.4 is 10.2 Å². The van der Waals surface area contributed by atoms with Crippen LogP contribution in [0.2, 0.25) is 0 Å². The molecule has 0 radical (unpaired) electrons. The first-order valence-corrected chi connectivity index (χ1v) is 18.7. The van der Waals surface area contributed by atoms with Crippen LogP contribution in [0.4, 0.5) is 5.69 Å². The molecule has 11 heteroatoms. The van der Waals surface area contributed by atoms with Crippen molar-refractivity contribution in [2.75, 3.05) is 24.7 Å². The predicted molar refractivity (Wildman–Crippen MR) is 199 cm³/mol. The second-order valence-electron chi connectivity index (χ2n) is 14.3. The molecule has 0 aliphatic carbocycles. The molecule has 2 N–H and O–H groups in total. The molecule has 3 heterocycles. The monoisotopic (exact) mass is 763 g/mol. The van der Waals surface area contributed by atoms with Crippen molar-refractivity contribution >= 4 is 45.3 Å². The second kappa shape index (κ2) is 16.3. The maximum atomic E-state index is 15.1. The SMILES string of the molecule is C=CCCC(=O)OC[C@H](NC(=O)[C@@H]1[C@H]2O[C@@]3(CC2Br)[C@H](C(=O)N(CC=C)c2c(C)cccc2C)N([C@@H](CO)CC(C)C)C(=O)[C@@H]13)c1ccccc1. The summed E-state index contributed by atoms with van der Waals surface area (Å²) in [4.78, 5) is 59.8. The van der Waals surface area contributed by atoms with Crippen molar-refractivity contribution in [2.24, 2.45) is 17.8 Å². The van der Waals surface area contributed by atoms with Gasteiger partial charge in [0.05, 0.1) is 36.6 Å². The molecule has 1 spiro atoms. The highest BCUT2D eigenvalue weighted by Crippen LogP contribution is 2.61. The van der Waals surface area contributed by atoms with E-state index in [0.29, 0.717) is 19.3 Å². The summed E-state index contributed by atoms with van der Waals surface area (Å²) in [6, 6.07) is 12.5. The average molecular weight is 765 g/mol. The number of allylic oxidation sites excluding steroid dienone is 1. The molecule has 51 heavy (non-hydrogen) atoms. The van der Waals surface area contributed by atoms with Gasteiger partial charge in [-0.05, 0) is 55.7 Å². The van der Waals surface area contributed by atoms with E-state index in [4.69, 9.17) is 9.47 Å². The molecule has 8 atom stereocenters. The number of nitrogens with zero attached hydrogens (tertiary/aromatic N) is 2. The Morgan fingerprint density at radius 2 is 1.80 bits per heavy atom. The molecule has 3 aliphatic heterocycles.